The Bertz CT molecular complexity index is 1150. The first-order valence-electron chi connectivity index (χ1n) is 12.2. The number of benzene rings is 2. The number of carbonyl (C=O) groups excluding carboxylic acids is 2. The van der Waals surface area contributed by atoms with Gasteiger partial charge in [-0.3, -0.25) is 14.3 Å². The second-order valence-electron chi connectivity index (χ2n) is 9.00. The van der Waals surface area contributed by atoms with Crippen LogP contribution in [0.4, 0.5) is 11.4 Å². The summed E-state index contributed by atoms with van der Waals surface area (Å²) in [5.41, 5.74) is 3.08. The number of nitrogens with zero attached hydrogens (tertiary/aromatic N) is 2. The van der Waals surface area contributed by atoms with Gasteiger partial charge in [0.05, 0.1) is 10.6 Å². The third-order valence-electron chi connectivity index (χ3n) is 6.71. The molecular weight excluding hydrogens is 450 g/mol. The summed E-state index contributed by atoms with van der Waals surface area (Å²) in [7, 11) is -3.75. The molecule has 4 rings (SSSR count). The van der Waals surface area contributed by atoms with Crippen molar-refractivity contribution in [1.29, 1.82) is 0 Å². The monoisotopic (exact) mass is 483 g/mol. The zero-order chi connectivity index (χ0) is 24.1. The number of para-hydroxylation sites is 1. The lowest BCUT2D eigenvalue weighted by Crippen LogP contribution is -2.34. The Balaban J connectivity index is 1.41. The maximum Gasteiger partial charge on any atom is 0.261 e. The molecule has 1 saturated heterocycles. The average molecular weight is 484 g/mol. The summed E-state index contributed by atoms with van der Waals surface area (Å²) >= 11 is 0. The zero-order valence-corrected chi connectivity index (χ0v) is 20.6. The highest BCUT2D eigenvalue weighted by Crippen LogP contribution is 2.32. The number of hydrogen-bond acceptors (Lipinski definition) is 4. The van der Waals surface area contributed by atoms with E-state index < -0.39 is 10.0 Å². The quantitative estimate of drug-likeness (QED) is 0.642. The molecule has 2 aliphatic rings. The van der Waals surface area contributed by atoms with Gasteiger partial charge in [0.25, 0.3) is 10.0 Å². The molecule has 0 atom stereocenters. The van der Waals surface area contributed by atoms with Crippen LogP contribution in [0.5, 0.6) is 0 Å². The highest BCUT2D eigenvalue weighted by Gasteiger charge is 2.27. The van der Waals surface area contributed by atoms with E-state index in [0.29, 0.717) is 18.7 Å². The second kappa shape index (κ2) is 10.6. The zero-order valence-electron chi connectivity index (χ0n) is 19.8. The smallest absolute Gasteiger partial charge is 0.261 e. The Morgan fingerprint density at radius 1 is 0.912 bits per heavy atom. The van der Waals surface area contributed by atoms with Crippen molar-refractivity contribution in [3.63, 3.8) is 0 Å². The van der Waals surface area contributed by atoms with Gasteiger partial charge < -0.3 is 9.80 Å². The van der Waals surface area contributed by atoms with Gasteiger partial charge in [0, 0.05) is 38.2 Å². The van der Waals surface area contributed by atoms with Gasteiger partial charge in [-0.05, 0) is 61.1 Å². The average Bonchev–Trinajstić information content (AvgIpc) is 3.07. The first kappa shape index (κ1) is 24.3. The van der Waals surface area contributed by atoms with Crippen LogP contribution < -0.4 is 9.62 Å². The van der Waals surface area contributed by atoms with Crippen LogP contribution in [0, 0.1) is 0 Å². The van der Waals surface area contributed by atoms with E-state index in [1.807, 2.05) is 24.0 Å². The minimum Gasteiger partial charge on any atom is -0.343 e. The van der Waals surface area contributed by atoms with Crippen molar-refractivity contribution >= 4 is 33.2 Å². The highest BCUT2D eigenvalue weighted by atomic mass is 32.2. The van der Waals surface area contributed by atoms with Crippen LogP contribution >= 0.6 is 0 Å². The summed E-state index contributed by atoms with van der Waals surface area (Å²) in [6, 6.07) is 12.3. The maximum atomic E-state index is 13.0. The van der Waals surface area contributed by atoms with Crippen LogP contribution in [-0.2, 0) is 32.5 Å². The SMILES string of the molecule is CCc1ccccc1NS(=O)(=O)c1ccc2c(c1)CCN2C(=O)CCC(=O)N1CCCCCC1. The largest absolute Gasteiger partial charge is 0.343 e. The number of aryl methyl sites for hydroxylation is 1. The van der Waals surface area contributed by atoms with Gasteiger partial charge in [-0.15, -0.1) is 0 Å². The lowest BCUT2D eigenvalue weighted by molar-refractivity contribution is -0.133. The van der Waals surface area contributed by atoms with E-state index in [0.717, 1.165) is 62.0 Å². The van der Waals surface area contributed by atoms with Crippen molar-refractivity contribution in [2.24, 2.45) is 0 Å². The molecule has 2 aromatic rings. The van der Waals surface area contributed by atoms with E-state index in [2.05, 4.69) is 4.72 Å². The fourth-order valence-electron chi connectivity index (χ4n) is 4.76. The van der Waals surface area contributed by atoms with Gasteiger partial charge in [0.2, 0.25) is 11.8 Å². The Labute approximate surface area is 202 Å². The van der Waals surface area contributed by atoms with Crippen molar-refractivity contribution < 1.29 is 18.0 Å². The molecule has 0 unspecified atom stereocenters. The van der Waals surface area contributed by atoms with Crippen LogP contribution in [0.25, 0.3) is 0 Å². The first-order valence-corrected chi connectivity index (χ1v) is 13.7. The predicted octanol–water partition coefficient (Wildman–Crippen LogP) is 4.12. The van der Waals surface area contributed by atoms with E-state index in [1.165, 1.54) is 0 Å². The molecule has 0 aromatic heterocycles. The van der Waals surface area contributed by atoms with Crippen molar-refractivity contribution in [1.82, 2.24) is 4.90 Å². The van der Waals surface area contributed by atoms with E-state index in [1.54, 1.807) is 35.2 Å². The molecule has 2 amide bonds. The minimum atomic E-state index is -3.75. The molecular formula is C26H33N3O4S. The number of likely N-dealkylation sites (tertiary alicyclic amines) is 1. The minimum absolute atomic E-state index is 0.0505. The standard InChI is InChI=1S/C26H33N3O4S/c1-2-20-9-5-6-10-23(20)27-34(32,33)22-11-12-24-21(19-22)15-18-29(24)26(31)14-13-25(30)28-16-7-3-4-8-17-28/h5-6,9-12,19,27H,2-4,7-8,13-18H2,1H3. The van der Waals surface area contributed by atoms with E-state index in [4.69, 9.17) is 0 Å². The number of sulfonamides is 1. The number of amides is 2. The molecule has 8 heteroatoms. The molecule has 0 radical (unpaired) electrons. The Morgan fingerprint density at radius 3 is 2.35 bits per heavy atom. The third kappa shape index (κ3) is 5.43. The number of nitrogens with one attached hydrogen (secondary N) is 1. The number of anilines is 2. The van der Waals surface area contributed by atoms with Crippen LogP contribution in [0.3, 0.4) is 0 Å². The second-order valence-corrected chi connectivity index (χ2v) is 10.7. The predicted molar refractivity (Wildman–Crippen MR) is 133 cm³/mol. The summed E-state index contributed by atoms with van der Waals surface area (Å²) in [4.78, 5) is 29.2. The first-order chi connectivity index (χ1) is 16.4. The fourth-order valence-corrected chi connectivity index (χ4v) is 5.91. The molecule has 1 N–H and O–H groups in total. The lowest BCUT2D eigenvalue weighted by atomic mass is 10.1. The van der Waals surface area contributed by atoms with Gasteiger partial charge in [-0.2, -0.15) is 0 Å². The summed E-state index contributed by atoms with van der Waals surface area (Å²) in [6.07, 6.45) is 6.09. The van der Waals surface area contributed by atoms with Crippen molar-refractivity contribution in [3.8, 4) is 0 Å². The normalized spacial score (nSPS) is 16.1. The summed E-state index contributed by atoms with van der Waals surface area (Å²) < 4.78 is 28.7. The van der Waals surface area contributed by atoms with Gasteiger partial charge in [-0.1, -0.05) is 38.0 Å². The Hall–Kier alpha value is -2.87. The molecule has 7 nitrogen and oxygen atoms in total. The van der Waals surface area contributed by atoms with Crippen molar-refractivity contribution in [2.75, 3.05) is 29.3 Å². The van der Waals surface area contributed by atoms with Gasteiger partial charge in [0.1, 0.15) is 0 Å². The Kier molecular flexibility index (Phi) is 7.56. The van der Waals surface area contributed by atoms with E-state index in [-0.39, 0.29) is 29.6 Å². The molecule has 182 valence electrons. The van der Waals surface area contributed by atoms with E-state index >= 15 is 0 Å². The number of hydrogen-bond donors (Lipinski definition) is 1. The summed E-state index contributed by atoms with van der Waals surface area (Å²) in [5.74, 6) is -0.0397. The molecule has 2 aliphatic heterocycles. The Morgan fingerprint density at radius 2 is 1.62 bits per heavy atom. The maximum absolute atomic E-state index is 13.0. The van der Waals surface area contributed by atoms with Gasteiger partial charge in [-0.25, -0.2) is 8.42 Å². The summed E-state index contributed by atoms with van der Waals surface area (Å²) in [6.45, 7) is 4.05. The summed E-state index contributed by atoms with van der Waals surface area (Å²) in [5, 5.41) is 0. The lowest BCUT2D eigenvalue weighted by Gasteiger charge is -2.21. The molecule has 0 spiro atoms. The molecule has 2 aromatic carbocycles. The van der Waals surface area contributed by atoms with E-state index in [9.17, 15) is 18.0 Å². The highest BCUT2D eigenvalue weighted by molar-refractivity contribution is 7.92. The molecule has 1 fully saturated rings. The molecule has 34 heavy (non-hydrogen) atoms. The molecule has 2 heterocycles. The number of fused-ring (bicyclic) bond motifs is 1. The molecule has 0 aliphatic carbocycles. The van der Waals surface area contributed by atoms with Crippen LogP contribution in [-0.4, -0.2) is 44.8 Å². The number of carbonyl (C=O) groups is 2. The van der Waals surface area contributed by atoms with Crippen LogP contribution in [0.15, 0.2) is 47.4 Å². The topological polar surface area (TPSA) is 86.8 Å². The third-order valence-corrected chi connectivity index (χ3v) is 8.08. The van der Waals surface area contributed by atoms with Crippen LogP contribution in [0.1, 0.15) is 56.6 Å². The number of rotatable bonds is 7. The molecule has 0 saturated carbocycles. The molecule has 0 bridgehead atoms. The van der Waals surface area contributed by atoms with Crippen LogP contribution in [0.2, 0.25) is 0 Å². The van der Waals surface area contributed by atoms with Gasteiger partial charge in [0.15, 0.2) is 0 Å². The van der Waals surface area contributed by atoms with Crippen molar-refractivity contribution in [2.45, 2.75) is 63.2 Å². The fraction of sp³-hybridized carbons (Fsp3) is 0.462. The van der Waals surface area contributed by atoms with Crippen molar-refractivity contribution in [3.05, 3.63) is 53.6 Å². The van der Waals surface area contributed by atoms with Gasteiger partial charge >= 0.3 is 0 Å².